The number of hydrogen-bond donors (Lipinski definition) is 1. The van der Waals surface area contributed by atoms with E-state index in [9.17, 15) is 0 Å². The molecule has 1 heterocycles. The summed E-state index contributed by atoms with van der Waals surface area (Å²) in [6, 6.07) is 2.97. The van der Waals surface area contributed by atoms with E-state index in [1.807, 2.05) is 11.3 Å². The summed E-state index contributed by atoms with van der Waals surface area (Å²) in [4.78, 5) is 1.61. The molecule has 0 amide bonds. The highest BCUT2D eigenvalue weighted by atomic mass is 127. The lowest BCUT2D eigenvalue weighted by Crippen LogP contribution is -2.25. The fourth-order valence-corrected chi connectivity index (χ4v) is 4.50. The van der Waals surface area contributed by atoms with Crippen LogP contribution in [0.15, 0.2) is 6.07 Å². The molecule has 1 aliphatic rings. The first-order valence-corrected chi connectivity index (χ1v) is 8.21. The molecular formula is C13H20INOS. The van der Waals surface area contributed by atoms with Gasteiger partial charge in [-0.05, 0) is 72.9 Å². The van der Waals surface area contributed by atoms with Crippen molar-refractivity contribution in [3.05, 3.63) is 19.4 Å². The Balaban J connectivity index is 1.82. The van der Waals surface area contributed by atoms with Gasteiger partial charge in [-0.15, -0.1) is 11.3 Å². The Kier molecular flexibility index (Phi) is 5.72. The van der Waals surface area contributed by atoms with Crippen LogP contribution in [0.4, 0.5) is 0 Å². The fourth-order valence-electron chi connectivity index (χ4n) is 2.38. The van der Waals surface area contributed by atoms with Gasteiger partial charge in [0.1, 0.15) is 0 Å². The minimum atomic E-state index is 0.598. The Hall–Kier alpha value is 0.350. The first kappa shape index (κ1) is 13.8. The number of ether oxygens (including phenoxy) is 1. The lowest BCUT2D eigenvalue weighted by Gasteiger charge is -2.23. The number of methoxy groups -OCH3 is 1. The summed E-state index contributed by atoms with van der Waals surface area (Å²) < 4.78 is 6.50. The van der Waals surface area contributed by atoms with Crippen molar-refractivity contribution in [2.75, 3.05) is 20.3 Å². The van der Waals surface area contributed by atoms with E-state index < -0.39 is 0 Å². The van der Waals surface area contributed by atoms with Crippen molar-refractivity contribution in [1.29, 1.82) is 0 Å². The molecule has 1 N–H and O–H groups in total. The summed E-state index contributed by atoms with van der Waals surface area (Å²) in [5, 5.41) is 3.70. The van der Waals surface area contributed by atoms with Gasteiger partial charge >= 0.3 is 0 Å². The fraction of sp³-hybridized carbons (Fsp3) is 0.692. The molecule has 4 heteroatoms. The molecule has 0 aromatic carbocycles. The molecule has 0 saturated carbocycles. The number of rotatable bonds is 6. The van der Waals surface area contributed by atoms with Gasteiger partial charge in [-0.25, -0.2) is 0 Å². The van der Waals surface area contributed by atoms with Gasteiger partial charge in [0.2, 0.25) is 0 Å². The SMILES string of the molecule is COCCCCNC1CCCc2sc(I)cc21. The van der Waals surface area contributed by atoms with Crippen LogP contribution in [-0.2, 0) is 11.2 Å². The van der Waals surface area contributed by atoms with Gasteiger partial charge in [0.05, 0.1) is 2.88 Å². The van der Waals surface area contributed by atoms with Gasteiger partial charge in [-0.3, -0.25) is 0 Å². The average Bonchev–Trinajstić information content (AvgIpc) is 2.70. The quantitative estimate of drug-likeness (QED) is 0.613. The molecule has 0 radical (unpaired) electrons. The average molecular weight is 365 g/mol. The largest absolute Gasteiger partial charge is 0.385 e. The first-order valence-electron chi connectivity index (χ1n) is 6.31. The molecule has 2 rings (SSSR count). The molecule has 0 saturated heterocycles. The van der Waals surface area contributed by atoms with E-state index in [1.165, 1.54) is 28.6 Å². The Bertz CT molecular complexity index is 353. The summed E-state index contributed by atoms with van der Waals surface area (Å²) in [6.07, 6.45) is 6.28. The standard InChI is InChI=1S/C13H20INOS/c1-16-8-3-2-7-15-11-5-4-6-12-10(11)9-13(14)17-12/h9,11,15H,2-8H2,1H3. The van der Waals surface area contributed by atoms with Crippen molar-refractivity contribution in [3.63, 3.8) is 0 Å². The highest BCUT2D eigenvalue weighted by Gasteiger charge is 2.21. The van der Waals surface area contributed by atoms with E-state index in [2.05, 4.69) is 34.0 Å². The molecule has 0 spiro atoms. The molecule has 1 aromatic rings. The van der Waals surface area contributed by atoms with E-state index in [0.717, 1.165) is 19.6 Å². The monoisotopic (exact) mass is 365 g/mol. The van der Waals surface area contributed by atoms with Gasteiger partial charge in [-0.2, -0.15) is 0 Å². The van der Waals surface area contributed by atoms with Crippen LogP contribution in [0.1, 0.15) is 42.2 Å². The number of unbranched alkanes of at least 4 members (excludes halogenated alkanes) is 1. The maximum absolute atomic E-state index is 5.07. The van der Waals surface area contributed by atoms with E-state index in [1.54, 1.807) is 17.6 Å². The van der Waals surface area contributed by atoms with Crippen LogP contribution in [0.2, 0.25) is 0 Å². The summed E-state index contributed by atoms with van der Waals surface area (Å²) in [5.74, 6) is 0. The van der Waals surface area contributed by atoms with Gasteiger partial charge in [0.15, 0.2) is 0 Å². The van der Waals surface area contributed by atoms with Crippen LogP contribution in [0.25, 0.3) is 0 Å². The number of fused-ring (bicyclic) bond motifs is 1. The summed E-state index contributed by atoms with van der Waals surface area (Å²) in [6.45, 7) is 1.99. The van der Waals surface area contributed by atoms with Crippen molar-refractivity contribution < 1.29 is 4.74 Å². The number of halogens is 1. The van der Waals surface area contributed by atoms with Crippen molar-refractivity contribution in [2.45, 2.75) is 38.1 Å². The minimum absolute atomic E-state index is 0.598. The number of nitrogens with one attached hydrogen (secondary N) is 1. The molecule has 0 aliphatic heterocycles. The van der Waals surface area contributed by atoms with Gasteiger partial charge in [0.25, 0.3) is 0 Å². The highest BCUT2D eigenvalue weighted by molar-refractivity contribution is 14.1. The summed E-state index contributed by atoms with van der Waals surface area (Å²) in [5.41, 5.74) is 1.57. The van der Waals surface area contributed by atoms with Crippen molar-refractivity contribution in [3.8, 4) is 0 Å². The van der Waals surface area contributed by atoms with E-state index in [0.29, 0.717) is 6.04 Å². The van der Waals surface area contributed by atoms with Crippen LogP contribution in [-0.4, -0.2) is 20.3 Å². The predicted molar refractivity (Wildman–Crippen MR) is 81.8 cm³/mol. The Morgan fingerprint density at radius 2 is 2.41 bits per heavy atom. The molecule has 2 nitrogen and oxygen atoms in total. The maximum Gasteiger partial charge on any atom is 0.0659 e. The molecule has 17 heavy (non-hydrogen) atoms. The number of hydrogen-bond acceptors (Lipinski definition) is 3. The van der Waals surface area contributed by atoms with Crippen molar-refractivity contribution >= 4 is 33.9 Å². The second-order valence-electron chi connectivity index (χ2n) is 4.53. The maximum atomic E-state index is 5.07. The summed E-state index contributed by atoms with van der Waals surface area (Å²) >= 11 is 4.41. The predicted octanol–water partition coefficient (Wildman–Crippen LogP) is 3.75. The lowest BCUT2D eigenvalue weighted by atomic mass is 9.94. The second kappa shape index (κ2) is 7.07. The minimum Gasteiger partial charge on any atom is -0.385 e. The molecule has 0 bridgehead atoms. The topological polar surface area (TPSA) is 21.3 Å². The molecule has 1 unspecified atom stereocenters. The van der Waals surface area contributed by atoms with Crippen LogP contribution >= 0.6 is 33.9 Å². The Morgan fingerprint density at radius 1 is 1.53 bits per heavy atom. The molecular weight excluding hydrogens is 345 g/mol. The molecule has 0 fully saturated rings. The van der Waals surface area contributed by atoms with Crippen LogP contribution in [0.5, 0.6) is 0 Å². The van der Waals surface area contributed by atoms with Crippen molar-refractivity contribution in [1.82, 2.24) is 5.32 Å². The van der Waals surface area contributed by atoms with Crippen LogP contribution < -0.4 is 5.32 Å². The molecule has 1 aliphatic carbocycles. The molecule has 1 aromatic heterocycles. The van der Waals surface area contributed by atoms with Crippen molar-refractivity contribution in [2.24, 2.45) is 0 Å². The zero-order chi connectivity index (χ0) is 12.1. The summed E-state index contributed by atoms with van der Waals surface area (Å²) in [7, 11) is 1.77. The third-order valence-corrected chi connectivity index (χ3v) is 5.22. The Morgan fingerprint density at radius 3 is 3.24 bits per heavy atom. The van der Waals surface area contributed by atoms with E-state index in [-0.39, 0.29) is 0 Å². The highest BCUT2D eigenvalue weighted by Crippen LogP contribution is 2.36. The molecule has 96 valence electrons. The number of thiophene rings is 1. The van der Waals surface area contributed by atoms with Crippen LogP contribution in [0, 0.1) is 2.88 Å². The zero-order valence-electron chi connectivity index (χ0n) is 10.3. The van der Waals surface area contributed by atoms with Crippen LogP contribution in [0.3, 0.4) is 0 Å². The van der Waals surface area contributed by atoms with E-state index in [4.69, 9.17) is 4.74 Å². The van der Waals surface area contributed by atoms with Gasteiger partial charge < -0.3 is 10.1 Å². The molecule has 1 atom stereocenters. The third kappa shape index (κ3) is 3.91. The second-order valence-corrected chi connectivity index (χ2v) is 7.56. The van der Waals surface area contributed by atoms with Gasteiger partial charge in [-0.1, -0.05) is 0 Å². The smallest absolute Gasteiger partial charge is 0.0659 e. The van der Waals surface area contributed by atoms with Gasteiger partial charge in [0, 0.05) is 24.6 Å². The lowest BCUT2D eigenvalue weighted by molar-refractivity contribution is 0.192. The van der Waals surface area contributed by atoms with E-state index >= 15 is 0 Å². The first-order chi connectivity index (χ1) is 8.31. The zero-order valence-corrected chi connectivity index (χ0v) is 13.3. The number of aryl methyl sites for hydroxylation is 1. The Labute approximate surface area is 121 Å². The normalized spacial score (nSPS) is 19.3. The third-order valence-electron chi connectivity index (χ3n) is 3.25.